The summed E-state index contributed by atoms with van der Waals surface area (Å²) in [5.41, 5.74) is 0. The zero-order valence-electron chi connectivity index (χ0n) is 17.0. The van der Waals surface area contributed by atoms with Crippen molar-refractivity contribution in [3.8, 4) is 0 Å². The van der Waals surface area contributed by atoms with Crippen LogP contribution in [0.5, 0.6) is 0 Å². The third-order valence-electron chi connectivity index (χ3n) is 5.27. The van der Waals surface area contributed by atoms with Crippen LogP contribution in [0.4, 0.5) is 0 Å². The van der Waals surface area contributed by atoms with Gasteiger partial charge in [0.2, 0.25) is 0 Å². The van der Waals surface area contributed by atoms with Crippen LogP contribution in [0.25, 0.3) is 0 Å². The van der Waals surface area contributed by atoms with Crippen LogP contribution in [-0.4, -0.2) is 147 Å². The summed E-state index contributed by atoms with van der Waals surface area (Å²) in [5, 5.41) is 0. The van der Waals surface area contributed by atoms with E-state index in [1.54, 1.807) is 4.90 Å². The van der Waals surface area contributed by atoms with Gasteiger partial charge in [0.25, 0.3) is 0 Å². The van der Waals surface area contributed by atoms with Gasteiger partial charge in [-0.05, 0) is 0 Å². The minimum atomic E-state index is -2.04. The van der Waals surface area contributed by atoms with Gasteiger partial charge in [-0.2, -0.15) is 0 Å². The van der Waals surface area contributed by atoms with Crippen molar-refractivity contribution in [2.24, 2.45) is 0 Å². The number of nitrogens with zero attached hydrogens (tertiary/aromatic N) is 5. The predicted octanol–water partition coefficient (Wildman–Crippen LogP) is -1.94. The van der Waals surface area contributed by atoms with Crippen LogP contribution in [0.3, 0.4) is 0 Å². The van der Waals surface area contributed by atoms with Crippen LogP contribution in [-0.2, 0) is 33.2 Å². The molecule has 2 aliphatic heterocycles. The molecule has 182 valence electrons. The molecule has 0 amide bonds. The molecule has 2 heterocycles. The Labute approximate surface area is 216 Å². The largest absolute Gasteiger partial charge is 0.305 e. The molecule has 11 nitrogen and oxygen atoms in total. The van der Waals surface area contributed by atoms with Gasteiger partial charge in [-0.1, -0.05) is 0 Å². The Balaban J connectivity index is 0.00000450. The van der Waals surface area contributed by atoms with Crippen molar-refractivity contribution in [1.29, 1.82) is 0 Å². The Hall–Kier alpha value is 1.40. The molecule has 2 saturated heterocycles. The molecule has 3 N–H and O–H groups in total. The Bertz CT molecular complexity index is 545. The van der Waals surface area contributed by atoms with Crippen LogP contribution in [0.1, 0.15) is 0 Å². The van der Waals surface area contributed by atoms with Crippen LogP contribution in [0, 0.1) is 38.2 Å². The van der Waals surface area contributed by atoms with Crippen molar-refractivity contribution >= 4 is 33.2 Å². The average Bonchev–Trinajstić information content (AvgIpc) is 2.77. The average molecular weight is 638 g/mol. The number of hydrogen-bond acceptors (Lipinski definition) is 8. The van der Waals surface area contributed by atoms with E-state index in [1.807, 2.05) is 4.90 Å². The van der Waals surface area contributed by atoms with Crippen LogP contribution < -0.4 is 0 Å². The summed E-state index contributed by atoms with van der Waals surface area (Å²) >= 11 is -5.91. The molecule has 15 heteroatoms. The predicted molar refractivity (Wildman–Crippen MR) is 115 cm³/mol. The van der Waals surface area contributed by atoms with Gasteiger partial charge in [-0.15, -0.1) is 0 Å². The van der Waals surface area contributed by atoms with Crippen molar-refractivity contribution in [3.63, 3.8) is 0 Å². The fourth-order valence-corrected chi connectivity index (χ4v) is 5.33. The van der Waals surface area contributed by atoms with E-state index < -0.39 is 33.2 Å². The van der Waals surface area contributed by atoms with Gasteiger partial charge >= 0.3 is 0 Å². The molecule has 2 rings (SSSR count). The molecule has 5 unspecified atom stereocenters. The first kappa shape index (κ1) is 29.4. The second-order valence-corrected chi connectivity index (χ2v) is 10.1. The molecule has 0 spiro atoms. The maximum atomic E-state index is 11.2. The molecule has 0 aliphatic carbocycles. The first-order valence-electron chi connectivity index (χ1n) is 9.66. The third kappa shape index (κ3) is 12.6. The zero-order chi connectivity index (χ0) is 21.2. The second kappa shape index (κ2) is 16.1. The molecule has 0 aromatic rings. The third-order valence-corrected chi connectivity index (χ3v) is 7.03. The van der Waals surface area contributed by atoms with Gasteiger partial charge in [0.15, 0.2) is 33.2 Å². The Morgan fingerprint density at radius 3 is 1.43 bits per heavy atom. The number of fused-ring (bicyclic) bond motifs is 3. The van der Waals surface area contributed by atoms with E-state index in [1.165, 1.54) is 0 Å². The van der Waals surface area contributed by atoms with E-state index in [-0.39, 0.29) is 55.8 Å². The second-order valence-electron chi connectivity index (χ2n) is 7.39. The quantitative estimate of drug-likeness (QED) is 0.245. The normalized spacial score (nSPS) is 27.6. The molecule has 2 aliphatic rings. The van der Waals surface area contributed by atoms with Crippen LogP contribution in [0.15, 0.2) is 0 Å². The fraction of sp³-hybridized carbons (Fsp3) is 1.00. The Morgan fingerprint density at radius 1 is 0.633 bits per heavy atom. The molecular weight excluding hydrogens is 605 g/mol. The minimum Gasteiger partial charge on any atom is -0.305 e. The zero-order valence-corrected chi connectivity index (χ0v) is 21.4. The van der Waals surface area contributed by atoms with Gasteiger partial charge in [0, 0.05) is 117 Å². The van der Waals surface area contributed by atoms with E-state index in [2.05, 4.69) is 14.7 Å². The van der Waals surface area contributed by atoms with E-state index in [0.29, 0.717) is 13.1 Å². The smallest absolute Gasteiger partial charge is 0.167 e. The van der Waals surface area contributed by atoms with E-state index in [4.69, 9.17) is 9.11 Å². The molecule has 0 aromatic carbocycles. The summed E-state index contributed by atoms with van der Waals surface area (Å²) < 4.78 is 60.9. The summed E-state index contributed by atoms with van der Waals surface area (Å²) in [4.78, 5) is 10.6. The van der Waals surface area contributed by atoms with Gasteiger partial charge in [0.1, 0.15) is 17.6 Å². The van der Waals surface area contributed by atoms with Crippen molar-refractivity contribution in [2.75, 3.05) is 96.2 Å². The maximum Gasteiger partial charge on any atom is 0.167 e. The number of rotatable bonds is 9. The molecule has 2 fully saturated rings. The molecule has 0 radical (unpaired) electrons. The Morgan fingerprint density at radius 2 is 1.03 bits per heavy atom. The molecule has 0 aromatic heterocycles. The summed E-state index contributed by atoms with van der Waals surface area (Å²) in [6.07, 6.45) is 0. The van der Waals surface area contributed by atoms with Crippen molar-refractivity contribution in [3.05, 3.63) is 0 Å². The molecule has 30 heavy (non-hydrogen) atoms. The van der Waals surface area contributed by atoms with Crippen molar-refractivity contribution < 1.29 is 64.5 Å². The summed E-state index contributed by atoms with van der Waals surface area (Å²) in [7, 11) is 0. The summed E-state index contributed by atoms with van der Waals surface area (Å²) in [6.45, 7) is 9.69. The first-order chi connectivity index (χ1) is 13.8. The topological polar surface area (TPSA) is 128 Å². The standard InChI is InChI=1S/C15H33N5O6S3.Dy/c21-27(22)13-19-10-7-16-1-2-17(8-11-19)4-6-18(5-3-16)9-12-20(14-28(23)24)15-29(25)26;/h1-15H2,(H,21,22)(H,23,24)(H,25,26);. The monoisotopic (exact) mass is 639 g/mol. The molecular formula is C15H33DyN5O6S3. The summed E-state index contributed by atoms with van der Waals surface area (Å²) in [5.74, 6) is -0.0942. The van der Waals surface area contributed by atoms with Crippen LogP contribution in [0.2, 0.25) is 0 Å². The van der Waals surface area contributed by atoms with Gasteiger partial charge in [-0.3, -0.25) is 24.5 Å². The van der Waals surface area contributed by atoms with Gasteiger partial charge < -0.3 is 13.7 Å². The number of hydrogen-bond donors (Lipinski definition) is 3. The van der Waals surface area contributed by atoms with Crippen LogP contribution >= 0.6 is 0 Å². The molecule has 0 saturated carbocycles. The van der Waals surface area contributed by atoms with Gasteiger partial charge in [-0.25, -0.2) is 12.6 Å². The molecule has 2 bridgehead atoms. The van der Waals surface area contributed by atoms with E-state index >= 15 is 0 Å². The van der Waals surface area contributed by atoms with E-state index in [9.17, 15) is 17.2 Å². The summed E-state index contributed by atoms with van der Waals surface area (Å²) in [6, 6.07) is 0. The first-order valence-corrected chi connectivity index (χ1v) is 13.5. The Kier molecular flexibility index (Phi) is 15.8. The maximum absolute atomic E-state index is 11.2. The fourth-order valence-electron chi connectivity index (χ4n) is 3.58. The van der Waals surface area contributed by atoms with Gasteiger partial charge in [0.05, 0.1) is 0 Å². The van der Waals surface area contributed by atoms with Crippen molar-refractivity contribution in [1.82, 2.24) is 24.5 Å². The van der Waals surface area contributed by atoms with Crippen molar-refractivity contribution in [2.45, 2.75) is 0 Å². The van der Waals surface area contributed by atoms with E-state index in [0.717, 1.165) is 65.4 Å². The minimum absolute atomic E-state index is 0. The SMILES string of the molecule is O=S(O)CN1CCN2CCN(CCN(CCN(CS(=O)O)CS(=O)O)CC2)CC1.[Dy]. The molecule has 5 atom stereocenters.